The summed E-state index contributed by atoms with van der Waals surface area (Å²) in [5, 5.41) is 18.4. The molecule has 0 fully saturated rings. The van der Waals surface area contributed by atoms with Crippen molar-refractivity contribution in [1.82, 2.24) is 15.1 Å². The second-order valence-electron chi connectivity index (χ2n) is 5.86. The number of nitrogens with one attached hydrogen (secondary N) is 1. The molecular weight excluding hydrogens is 274 g/mol. The molecule has 1 aromatic heterocycles. The molecule has 2 N–H and O–H groups in total. The normalized spacial score (nSPS) is 14.0. The van der Waals surface area contributed by atoms with Crippen LogP contribution in [0.5, 0.6) is 5.75 Å². The first-order chi connectivity index (χ1) is 10.5. The number of aryl methyl sites for hydroxylation is 2. The van der Waals surface area contributed by atoms with E-state index in [9.17, 15) is 5.11 Å². The maximum Gasteiger partial charge on any atom is 0.120 e. The zero-order chi connectivity index (χ0) is 16.3. The molecule has 0 unspecified atom stereocenters. The van der Waals surface area contributed by atoms with Crippen molar-refractivity contribution in [2.45, 2.75) is 52.6 Å². The van der Waals surface area contributed by atoms with Crippen molar-refractivity contribution in [1.29, 1.82) is 0 Å². The van der Waals surface area contributed by atoms with Crippen LogP contribution in [0.1, 0.15) is 61.3 Å². The Hall–Kier alpha value is -1.81. The molecule has 0 aliphatic carbocycles. The molecule has 0 aliphatic heterocycles. The molecule has 4 heteroatoms. The molecule has 0 saturated carbocycles. The van der Waals surface area contributed by atoms with Crippen LogP contribution in [0.3, 0.4) is 0 Å². The molecule has 0 saturated heterocycles. The van der Waals surface area contributed by atoms with Gasteiger partial charge in [0.05, 0.1) is 5.69 Å². The van der Waals surface area contributed by atoms with Crippen molar-refractivity contribution < 1.29 is 5.11 Å². The van der Waals surface area contributed by atoms with Crippen LogP contribution in [0, 0.1) is 13.8 Å². The van der Waals surface area contributed by atoms with E-state index in [0.29, 0.717) is 5.75 Å². The van der Waals surface area contributed by atoms with Gasteiger partial charge in [-0.1, -0.05) is 32.0 Å². The summed E-state index contributed by atoms with van der Waals surface area (Å²) in [4.78, 5) is 0. The lowest BCUT2D eigenvalue weighted by Crippen LogP contribution is -2.26. The van der Waals surface area contributed by atoms with Crippen molar-refractivity contribution >= 4 is 0 Å². The van der Waals surface area contributed by atoms with Gasteiger partial charge in [-0.3, -0.25) is 4.68 Å². The number of para-hydroxylation sites is 1. The van der Waals surface area contributed by atoms with Crippen LogP contribution in [-0.2, 0) is 7.05 Å². The minimum Gasteiger partial charge on any atom is -0.508 e. The fraction of sp³-hybridized carbons (Fsp3) is 0.500. The number of nitrogens with zero attached hydrogens (tertiary/aromatic N) is 2. The van der Waals surface area contributed by atoms with Crippen LogP contribution < -0.4 is 5.32 Å². The lowest BCUT2D eigenvalue weighted by atomic mass is 9.97. The third kappa shape index (κ3) is 3.17. The minimum absolute atomic E-state index is 0.130. The molecule has 2 rings (SSSR count). The average Bonchev–Trinajstić information content (AvgIpc) is 2.75. The van der Waals surface area contributed by atoms with Gasteiger partial charge in [0.15, 0.2) is 0 Å². The molecule has 22 heavy (non-hydrogen) atoms. The summed E-state index contributed by atoms with van der Waals surface area (Å²) in [6, 6.07) is 7.94. The predicted molar refractivity (Wildman–Crippen MR) is 90.0 cm³/mol. The summed E-state index contributed by atoms with van der Waals surface area (Å²) in [7, 11) is 1.99. The van der Waals surface area contributed by atoms with Crippen molar-refractivity contribution in [3.05, 3.63) is 46.8 Å². The number of phenols is 1. The van der Waals surface area contributed by atoms with E-state index in [2.05, 4.69) is 38.1 Å². The quantitative estimate of drug-likeness (QED) is 0.850. The van der Waals surface area contributed by atoms with Gasteiger partial charge in [-0.2, -0.15) is 5.10 Å². The predicted octanol–water partition coefficient (Wildman–Crippen LogP) is 3.93. The standard InChI is InChI=1S/C18H27N3O/c1-6-15(14-10-8-9-11-17(14)22)19-16(7-2)18-12(3)20-21(5)13(18)4/h8-11,15-16,19,22H,6-7H2,1-5H3/t15-,16-/m1/s1. The molecule has 0 radical (unpaired) electrons. The monoisotopic (exact) mass is 301 g/mol. The van der Waals surface area contributed by atoms with Crippen molar-refractivity contribution in [3.63, 3.8) is 0 Å². The third-order valence-corrected chi connectivity index (χ3v) is 4.44. The van der Waals surface area contributed by atoms with Crippen LogP contribution in [0.2, 0.25) is 0 Å². The first-order valence-electron chi connectivity index (χ1n) is 8.03. The van der Waals surface area contributed by atoms with E-state index in [-0.39, 0.29) is 12.1 Å². The van der Waals surface area contributed by atoms with E-state index in [1.165, 1.54) is 11.3 Å². The van der Waals surface area contributed by atoms with Crippen LogP contribution in [0.25, 0.3) is 0 Å². The minimum atomic E-state index is 0.130. The van der Waals surface area contributed by atoms with Crippen molar-refractivity contribution in [3.8, 4) is 5.75 Å². The van der Waals surface area contributed by atoms with Crippen LogP contribution in [-0.4, -0.2) is 14.9 Å². The van der Waals surface area contributed by atoms with Gasteiger partial charge < -0.3 is 10.4 Å². The summed E-state index contributed by atoms with van der Waals surface area (Å²) in [6.45, 7) is 8.50. The van der Waals surface area contributed by atoms with Gasteiger partial charge in [-0.15, -0.1) is 0 Å². The Kier molecular flexibility index (Phi) is 5.24. The van der Waals surface area contributed by atoms with Crippen LogP contribution in [0.4, 0.5) is 0 Å². The number of hydrogen-bond donors (Lipinski definition) is 2. The largest absolute Gasteiger partial charge is 0.508 e. The molecule has 0 bridgehead atoms. The highest BCUT2D eigenvalue weighted by Gasteiger charge is 2.23. The molecule has 2 aromatic rings. The first-order valence-corrected chi connectivity index (χ1v) is 8.03. The lowest BCUT2D eigenvalue weighted by Gasteiger charge is -2.26. The zero-order valence-electron chi connectivity index (χ0n) is 14.2. The second kappa shape index (κ2) is 6.97. The Morgan fingerprint density at radius 2 is 1.77 bits per heavy atom. The maximum absolute atomic E-state index is 10.1. The summed E-state index contributed by atoms with van der Waals surface area (Å²) in [6.07, 6.45) is 1.91. The van der Waals surface area contributed by atoms with E-state index < -0.39 is 0 Å². The molecular formula is C18H27N3O. The molecule has 2 atom stereocenters. The zero-order valence-corrected chi connectivity index (χ0v) is 14.2. The van der Waals surface area contributed by atoms with E-state index in [1.807, 2.05) is 29.9 Å². The Bertz CT molecular complexity index is 633. The number of hydrogen-bond acceptors (Lipinski definition) is 3. The Morgan fingerprint density at radius 1 is 1.14 bits per heavy atom. The highest BCUT2D eigenvalue weighted by molar-refractivity contribution is 5.35. The molecule has 0 spiro atoms. The van der Waals surface area contributed by atoms with E-state index >= 15 is 0 Å². The third-order valence-electron chi connectivity index (χ3n) is 4.44. The molecule has 1 aromatic carbocycles. The van der Waals surface area contributed by atoms with Crippen LogP contribution >= 0.6 is 0 Å². The smallest absolute Gasteiger partial charge is 0.120 e. The average molecular weight is 301 g/mol. The highest BCUT2D eigenvalue weighted by Crippen LogP contribution is 2.31. The SMILES string of the molecule is CC[C@@H](N[C@H](CC)c1c(C)nn(C)c1C)c1ccccc1O. The van der Waals surface area contributed by atoms with Crippen LogP contribution in [0.15, 0.2) is 24.3 Å². The van der Waals surface area contributed by atoms with E-state index in [1.54, 1.807) is 6.07 Å². The van der Waals surface area contributed by atoms with Gasteiger partial charge in [-0.25, -0.2) is 0 Å². The Morgan fingerprint density at radius 3 is 2.27 bits per heavy atom. The molecule has 120 valence electrons. The lowest BCUT2D eigenvalue weighted by molar-refractivity contribution is 0.401. The van der Waals surface area contributed by atoms with Gasteiger partial charge in [0.1, 0.15) is 5.75 Å². The fourth-order valence-electron chi connectivity index (χ4n) is 3.15. The molecule has 4 nitrogen and oxygen atoms in total. The van der Waals surface area contributed by atoms with Gasteiger partial charge in [0.25, 0.3) is 0 Å². The summed E-state index contributed by atoms with van der Waals surface area (Å²) in [5.74, 6) is 0.358. The van der Waals surface area contributed by atoms with Gasteiger partial charge >= 0.3 is 0 Å². The van der Waals surface area contributed by atoms with Gasteiger partial charge in [-0.05, 0) is 32.8 Å². The van der Waals surface area contributed by atoms with Gasteiger partial charge in [0, 0.05) is 36.0 Å². The van der Waals surface area contributed by atoms with Crippen molar-refractivity contribution in [2.24, 2.45) is 7.05 Å². The van der Waals surface area contributed by atoms with Gasteiger partial charge in [0.2, 0.25) is 0 Å². The molecule has 0 amide bonds. The highest BCUT2D eigenvalue weighted by atomic mass is 16.3. The maximum atomic E-state index is 10.1. The Labute approximate surface area is 133 Å². The van der Waals surface area contributed by atoms with E-state index in [0.717, 1.165) is 24.1 Å². The summed E-state index contributed by atoms with van der Waals surface area (Å²) >= 11 is 0. The van der Waals surface area contributed by atoms with E-state index in [4.69, 9.17) is 0 Å². The number of phenolic OH excluding ortho intramolecular Hbond substituents is 1. The number of aromatic hydroxyl groups is 1. The second-order valence-corrected chi connectivity index (χ2v) is 5.86. The summed E-state index contributed by atoms with van der Waals surface area (Å²) in [5.41, 5.74) is 4.51. The summed E-state index contributed by atoms with van der Waals surface area (Å²) < 4.78 is 1.94. The molecule has 1 heterocycles. The fourth-order valence-corrected chi connectivity index (χ4v) is 3.15. The Balaban J connectivity index is 2.30. The topological polar surface area (TPSA) is 50.1 Å². The first kappa shape index (κ1) is 16.6. The number of rotatable bonds is 6. The molecule has 0 aliphatic rings. The number of aromatic nitrogens is 2. The number of benzene rings is 1. The van der Waals surface area contributed by atoms with Crippen molar-refractivity contribution in [2.75, 3.05) is 0 Å².